The smallest absolute Gasteiger partial charge is 0.323 e. The Balaban J connectivity index is 1.89. The lowest BCUT2D eigenvalue weighted by Gasteiger charge is -2.18. The normalized spacial score (nSPS) is 17.2. The number of carboxylic acid groups (broad SMARTS) is 1. The van der Waals surface area contributed by atoms with E-state index in [4.69, 9.17) is 10.8 Å². The van der Waals surface area contributed by atoms with Gasteiger partial charge in [0, 0.05) is 10.6 Å². The Hall–Kier alpha value is -1.00. The zero-order valence-electron chi connectivity index (χ0n) is 10.6. The third-order valence-electron chi connectivity index (χ3n) is 3.45. The highest BCUT2D eigenvalue weighted by atomic mass is 32.2. The van der Waals surface area contributed by atoms with Gasteiger partial charge in [-0.3, -0.25) is 4.79 Å². The molecule has 0 fully saturated rings. The predicted molar refractivity (Wildman–Crippen MR) is 74.0 cm³/mol. The molecule has 1 aliphatic carbocycles. The van der Waals surface area contributed by atoms with Crippen LogP contribution in [-0.4, -0.2) is 22.4 Å². The van der Waals surface area contributed by atoms with Gasteiger partial charge in [0.15, 0.2) is 0 Å². The van der Waals surface area contributed by atoms with Gasteiger partial charge in [-0.1, -0.05) is 6.07 Å². The van der Waals surface area contributed by atoms with Crippen molar-refractivity contribution in [2.75, 3.05) is 5.75 Å². The van der Waals surface area contributed by atoms with Crippen LogP contribution >= 0.6 is 11.8 Å². The molecule has 0 heterocycles. The highest BCUT2D eigenvalue weighted by Crippen LogP contribution is 2.28. The molecule has 18 heavy (non-hydrogen) atoms. The van der Waals surface area contributed by atoms with Crippen molar-refractivity contribution in [1.29, 1.82) is 0 Å². The largest absolute Gasteiger partial charge is 0.480 e. The molecule has 3 N–H and O–H groups in total. The second kappa shape index (κ2) is 5.33. The van der Waals surface area contributed by atoms with Crippen LogP contribution in [0.25, 0.3) is 0 Å². The number of aliphatic carboxylic acids is 1. The molecule has 0 aliphatic heterocycles. The summed E-state index contributed by atoms with van der Waals surface area (Å²) in [7, 11) is 0. The summed E-state index contributed by atoms with van der Waals surface area (Å²) in [4.78, 5) is 12.1. The summed E-state index contributed by atoms with van der Waals surface area (Å²) in [6.07, 6.45) is 4.10. The van der Waals surface area contributed by atoms with Crippen LogP contribution in [0.2, 0.25) is 0 Å². The van der Waals surface area contributed by atoms with E-state index in [2.05, 4.69) is 18.2 Å². The number of fused-ring (bicyclic) bond motifs is 1. The van der Waals surface area contributed by atoms with E-state index in [9.17, 15) is 4.79 Å². The standard InChI is InChI=1S/C14H19NO2S/c1-14(15,13(16)17)7-8-18-12-6-5-10-3-2-4-11(10)9-12/h5-6,9H,2-4,7-8,15H2,1H3,(H,16,17). The summed E-state index contributed by atoms with van der Waals surface area (Å²) in [5, 5.41) is 8.93. The number of thioether (sulfide) groups is 1. The topological polar surface area (TPSA) is 63.3 Å². The quantitative estimate of drug-likeness (QED) is 0.803. The molecule has 0 radical (unpaired) electrons. The molecule has 1 aromatic rings. The van der Waals surface area contributed by atoms with Gasteiger partial charge in [0.25, 0.3) is 0 Å². The van der Waals surface area contributed by atoms with Crippen LogP contribution < -0.4 is 5.73 Å². The summed E-state index contributed by atoms with van der Waals surface area (Å²) in [5.41, 5.74) is 7.50. The molecular weight excluding hydrogens is 246 g/mol. The van der Waals surface area contributed by atoms with Crippen molar-refractivity contribution < 1.29 is 9.90 Å². The summed E-state index contributed by atoms with van der Waals surface area (Å²) in [6, 6.07) is 6.56. The molecule has 0 amide bonds. The van der Waals surface area contributed by atoms with E-state index in [0.717, 1.165) is 5.75 Å². The Labute approximate surface area is 112 Å². The van der Waals surface area contributed by atoms with Crippen LogP contribution in [0.5, 0.6) is 0 Å². The maximum absolute atomic E-state index is 10.9. The van der Waals surface area contributed by atoms with E-state index in [-0.39, 0.29) is 0 Å². The molecule has 4 heteroatoms. The Kier molecular flexibility index (Phi) is 3.97. The van der Waals surface area contributed by atoms with Crippen molar-refractivity contribution >= 4 is 17.7 Å². The molecule has 0 saturated heterocycles. The Morgan fingerprint density at radius 1 is 1.44 bits per heavy atom. The van der Waals surface area contributed by atoms with Gasteiger partial charge in [-0.25, -0.2) is 0 Å². The van der Waals surface area contributed by atoms with Crippen LogP contribution in [0, 0.1) is 0 Å². The Morgan fingerprint density at radius 2 is 2.17 bits per heavy atom. The van der Waals surface area contributed by atoms with Gasteiger partial charge >= 0.3 is 5.97 Å². The summed E-state index contributed by atoms with van der Waals surface area (Å²) in [5.74, 6) is -0.199. The first-order chi connectivity index (χ1) is 8.49. The molecule has 0 saturated carbocycles. The monoisotopic (exact) mass is 265 g/mol. The molecule has 1 aromatic carbocycles. The van der Waals surface area contributed by atoms with Gasteiger partial charge in [-0.05, 0) is 55.9 Å². The zero-order valence-corrected chi connectivity index (χ0v) is 11.4. The third-order valence-corrected chi connectivity index (χ3v) is 4.44. The molecule has 0 aromatic heterocycles. The van der Waals surface area contributed by atoms with Crippen molar-refractivity contribution in [2.24, 2.45) is 5.73 Å². The average molecular weight is 265 g/mol. The SMILES string of the molecule is CC(N)(CCSc1ccc2c(c1)CCC2)C(=O)O. The highest BCUT2D eigenvalue weighted by molar-refractivity contribution is 7.99. The minimum Gasteiger partial charge on any atom is -0.480 e. The molecule has 1 aliphatic rings. The number of benzene rings is 1. The van der Waals surface area contributed by atoms with E-state index >= 15 is 0 Å². The van der Waals surface area contributed by atoms with Gasteiger partial charge in [0.05, 0.1) is 0 Å². The first-order valence-corrected chi connectivity index (χ1v) is 7.24. The van der Waals surface area contributed by atoms with Gasteiger partial charge in [0.2, 0.25) is 0 Å². The van der Waals surface area contributed by atoms with Crippen LogP contribution in [0.15, 0.2) is 23.1 Å². The van der Waals surface area contributed by atoms with E-state index < -0.39 is 11.5 Å². The molecule has 98 valence electrons. The zero-order chi connectivity index (χ0) is 13.2. The minimum atomic E-state index is -1.12. The predicted octanol–water partition coefficient (Wildman–Crippen LogP) is 2.46. The van der Waals surface area contributed by atoms with Gasteiger partial charge in [-0.15, -0.1) is 11.8 Å². The lowest BCUT2D eigenvalue weighted by atomic mass is 10.0. The minimum absolute atomic E-state index is 0.476. The van der Waals surface area contributed by atoms with Crippen molar-refractivity contribution in [3.05, 3.63) is 29.3 Å². The van der Waals surface area contributed by atoms with Crippen molar-refractivity contribution in [3.63, 3.8) is 0 Å². The molecular formula is C14H19NO2S. The van der Waals surface area contributed by atoms with Gasteiger partial charge < -0.3 is 10.8 Å². The number of hydrogen-bond donors (Lipinski definition) is 2. The second-order valence-electron chi connectivity index (χ2n) is 5.11. The number of nitrogens with two attached hydrogens (primary N) is 1. The van der Waals surface area contributed by atoms with Crippen LogP contribution in [0.3, 0.4) is 0 Å². The fraction of sp³-hybridized carbons (Fsp3) is 0.500. The van der Waals surface area contributed by atoms with Crippen LogP contribution in [0.4, 0.5) is 0 Å². The second-order valence-corrected chi connectivity index (χ2v) is 6.27. The molecule has 0 spiro atoms. The number of rotatable bonds is 5. The van der Waals surface area contributed by atoms with Crippen molar-refractivity contribution in [3.8, 4) is 0 Å². The van der Waals surface area contributed by atoms with Crippen molar-refractivity contribution in [2.45, 2.75) is 43.0 Å². The van der Waals surface area contributed by atoms with Crippen LogP contribution in [-0.2, 0) is 17.6 Å². The van der Waals surface area contributed by atoms with E-state index in [1.165, 1.54) is 35.3 Å². The third kappa shape index (κ3) is 3.06. The first-order valence-electron chi connectivity index (χ1n) is 6.26. The lowest BCUT2D eigenvalue weighted by molar-refractivity contribution is -0.142. The maximum atomic E-state index is 10.9. The fourth-order valence-corrected chi connectivity index (χ4v) is 3.28. The first kappa shape index (κ1) is 13.4. The van der Waals surface area contributed by atoms with Gasteiger partial charge in [0.1, 0.15) is 5.54 Å². The molecule has 1 atom stereocenters. The van der Waals surface area contributed by atoms with Gasteiger partial charge in [-0.2, -0.15) is 0 Å². The lowest BCUT2D eigenvalue weighted by Crippen LogP contribution is -2.45. The molecule has 3 nitrogen and oxygen atoms in total. The fourth-order valence-electron chi connectivity index (χ4n) is 2.13. The maximum Gasteiger partial charge on any atom is 0.323 e. The molecule has 2 rings (SSSR count). The number of carbonyl (C=O) groups is 1. The average Bonchev–Trinajstić information content (AvgIpc) is 2.75. The number of carboxylic acids is 1. The summed E-state index contributed by atoms with van der Waals surface area (Å²) < 4.78 is 0. The van der Waals surface area contributed by atoms with E-state index in [1.54, 1.807) is 18.7 Å². The Bertz CT molecular complexity index is 457. The molecule has 1 unspecified atom stereocenters. The van der Waals surface area contributed by atoms with Crippen LogP contribution in [0.1, 0.15) is 30.9 Å². The highest BCUT2D eigenvalue weighted by Gasteiger charge is 2.27. The summed E-state index contributed by atoms with van der Waals surface area (Å²) in [6.45, 7) is 1.57. The number of aryl methyl sites for hydroxylation is 2. The Morgan fingerprint density at radius 3 is 2.89 bits per heavy atom. The number of hydrogen-bond acceptors (Lipinski definition) is 3. The van der Waals surface area contributed by atoms with E-state index in [1.807, 2.05) is 0 Å². The van der Waals surface area contributed by atoms with Crippen molar-refractivity contribution in [1.82, 2.24) is 0 Å². The summed E-state index contributed by atoms with van der Waals surface area (Å²) >= 11 is 1.69. The van der Waals surface area contributed by atoms with E-state index in [0.29, 0.717) is 6.42 Å². The molecule has 0 bridgehead atoms.